The fourth-order valence-electron chi connectivity index (χ4n) is 3.31. The fraction of sp³-hybridized carbons (Fsp3) is 0.238. The molecule has 1 aliphatic rings. The van der Waals surface area contributed by atoms with Gasteiger partial charge >= 0.3 is 0 Å². The number of ether oxygens (including phenoxy) is 1. The van der Waals surface area contributed by atoms with Gasteiger partial charge in [0.2, 0.25) is 0 Å². The standard InChI is InChI=1S/C21H20N6O2/c1-29-19-14-26(17-11-23-25(13-17)12-15-7-8-15)24-20(21(19)28)18-9-10-22-27(18)16-5-3-2-4-6-16/h2-6,9-11,13-15H,7-8,12H2,1H3. The van der Waals surface area contributed by atoms with Crippen molar-refractivity contribution < 1.29 is 4.74 Å². The predicted octanol–water partition coefficient (Wildman–Crippen LogP) is 2.70. The second-order valence-electron chi connectivity index (χ2n) is 7.15. The Morgan fingerprint density at radius 2 is 1.90 bits per heavy atom. The van der Waals surface area contributed by atoms with Gasteiger partial charge in [0.25, 0.3) is 5.43 Å². The van der Waals surface area contributed by atoms with Crippen LogP contribution >= 0.6 is 0 Å². The molecule has 5 rings (SSSR count). The summed E-state index contributed by atoms with van der Waals surface area (Å²) in [6, 6.07) is 11.4. The van der Waals surface area contributed by atoms with Crippen LogP contribution < -0.4 is 10.2 Å². The Morgan fingerprint density at radius 1 is 1.07 bits per heavy atom. The average molecular weight is 388 g/mol. The lowest BCUT2D eigenvalue weighted by Gasteiger charge is -2.10. The molecule has 0 spiro atoms. The summed E-state index contributed by atoms with van der Waals surface area (Å²) in [5.41, 5.74) is 2.20. The molecule has 8 nitrogen and oxygen atoms in total. The van der Waals surface area contributed by atoms with Gasteiger partial charge in [0.05, 0.1) is 43.3 Å². The van der Waals surface area contributed by atoms with Crippen LogP contribution in [0.15, 0.2) is 66.0 Å². The second kappa shape index (κ2) is 7.05. The molecule has 1 aromatic carbocycles. The molecule has 1 saturated carbocycles. The van der Waals surface area contributed by atoms with Gasteiger partial charge in [-0.15, -0.1) is 0 Å². The van der Waals surface area contributed by atoms with Gasteiger partial charge in [-0.1, -0.05) is 18.2 Å². The molecule has 0 bridgehead atoms. The van der Waals surface area contributed by atoms with Crippen LogP contribution in [0.2, 0.25) is 0 Å². The summed E-state index contributed by atoms with van der Waals surface area (Å²) in [5.74, 6) is 0.931. The maximum absolute atomic E-state index is 13.0. The maximum Gasteiger partial charge on any atom is 0.251 e. The van der Waals surface area contributed by atoms with E-state index in [2.05, 4.69) is 15.3 Å². The molecule has 0 atom stereocenters. The number of nitrogens with zero attached hydrogens (tertiary/aromatic N) is 6. The SMILES string of the molecule is COc1cn(-c2cnn(CC3CC3)c2)nc(-c2ccnn2-c2ccccc2)c1=O. The summed E-state index contributed by atoms with van der Waals surface area (Å²) in [7, 11) is 1.48. The minimum atomic E-state index is -0.285. The third-order valence-corrected chi connectivity index (χ3v) is 5.02. The Bertz CT molecular complexity index is 1200. The summed E-state index contributed by atoms with van der Waals surface area (Å²) < 4.78 is 10.6. The number of benzene rings is 1. The minimum absolute atomic E-state index is 0.214. The van der Waals surface area contributed by atoms with Gasteiger partial charge in [0.1, 0.15) is 5.69 Å². The van der Waals surface area contributed by atoms with Gasteiger partial charge in [0.15, 0.2) is 11.4 Å². The molecule has 1 aliphatic carbocycles. The molecule has 0 saturated heterocycles. The normalized spacial score (nSPS) is 13.6. The van der Waals surface area contributed by atoms with E-state index >= 15 is 0 Å². The quantitative estimate of drug-likeness (QED) is 0.507. The van der Waals surface area contributed by atoms with Crippen molar-refractivity contribution in [1.29, 1.82) is 0 Å². The van der Waals surface area contributed by atoms with Crippen LogP contribution in [0.5, 0.6) is 5.75 Å². The monoisotopic (exact) mass is 388 g/mol. The average Bonchev–Trinajstić information content (AvgIpc) is 3.23. The zero-order chi connectivity index (χ0) is 19.8. The molecule has 0 N–H and O–H groups in total. The highest BCUT2D eigenvalue weighted by atomic mass is 16.5. The van der Waals surface area contributed by atoms with Crippen molar-refractivity contribution >= 4 is 0 Å². The molecule has 0 amide bonds. The molecule has 3 aromatic heterocycles. The highest BCUT2D eigenvalue weighted by molar-refractivity contribution is 5.59. The highest BCUT2D eigenvalue weighted by Gasteiger charge is 2.22. The summed E-state index contributed by atoms with van der Waals surface area (Å²) in [6.07, 6.45) is 9.44. The van der Waals surface area contributed by atoms with Crippen molar-refractivity contribution in [2.24, 2.45) is 5.92 Å². The van der Waals surface area contributed by atoms with Gasteiger partial charge in [-0.05, 0) is 37.0 Å². The maximum atomic E-state index is 13.0. The van der Waals surface area contributed by atoms with E-state index < -0.39 is 0 Å². The van der Waals surface area contributed by atoms with E-state index in [1.807, 2.05) is 41.2 Å². The Hall–Kier alpha value is -3.68. The Balaban J connectivity index is 1.61. The molecule has 1 fully saturated rings. The minimum Gasteiger partial charge on any atom is -0.491 e. The van der Waals surface area contributed by atoms with E-state index in [1.165, 1.54) is 20.0 Å². The van der Waals surface area contributed by atoms with E-state index in [9.17, 15) is 4.79 Å². The summed E-state index contributed by atoms with van der Waals surface area (Å²) >= 11 is 0. The van der Waals surface area contributed by atoms with E-state index in [0.29, 0.717) is 5.69 Å². The summed E-state index contributed by atoms with van der Waals surface area (Å²) in [5, 5.41) is 13.4. The van der Waals surface area contributed by atoms with Crippen molar-refractivity contribution in [2.75, 3.05) is 7.11 Å². The molecular formula is C21H20N6O2. The first kappa shape index (κ1) is 17.4. The zero-order valence-electron chi connectivity index (χ0n) is 16.0. The number of methoxy groups -OCH3 is 1. The predicted molar refractivity (Wildman–Crippen MR) is 107 cm³/mol. The Labute approximate surface area is 167 Å². The van der Waals surface area contributed by atoms with Crippen LogP contribution in [0.3, 0.4) is 0 Å². The van der Waals surface area contributed by atoms with Crippen molar-refractivity contribution in [2.45, 2.75) is 19.4 Å². The summed E-state index contributed by atoms with van der Waals surface area (Å²) in [4.78, 5) is 13.0. The van der Waals surface area contributed by atoms with Crippen LogP contribution in [0.25, 0.3) is 22.8 Å². The molecule has 8 heteroatoms. The van der Waals surface area contributed by atoms with E-state index in [-0.39, 0.29) is 16.9 Å². The third-order valence-electron chi connectivity index (χ3n) is 5.02. The van der Waals surface area contributed by atoms with E-state index in [1.54, 1.807) is 34.0 Å². The van der Waals surface area contributed by atoms with Gasteiger partial charge < -0.3 is 4.74 Å². The third kappa shape index (κ3) is 3.33. The number of rotatable bonds is 6. The lowest BCUT2D eigenvalue weighted by atomic mass is 10.2. The smallest absolute Gasteiger partial charge is 0.251 e. The molecule has 29 heavy (non-hydrogen) atoms. The molecular weight excluding hydrogens is 368 g/mol. The number of hydrogen-bond acceptors (Lipinski definition) is 5. The molecule has 4 aromatic rings. The van der Waals surface area contributed by atoms with Gasteiger partial charge in [-0.3, -0.25) is 9.48 Å². The van der Waals surface area contributed by atoms with Crippen molar-refractivity contribution in [3.05, 3.63) is 71.4 Å². The lowest BCUT2D eigenvalue weighted by molar-refractivity contribution is 0.405. The van der Waals surface area contributed by atoms with Crippen molar-refractivity contribution in [1.82, 2.24) is 29.3 Å². The van der Waals surface area contributed by atoms with Crippen molar-refractivity contribution in [3.63, 3.8) is 0 Å². The largest absolute Gasteiger partial charge is 0.491 e. The van der Waals surface area contributed by atoms with Gasteiger partial charge in [-0.2, -0.15) is 15.3 Å². The molecule has 3 heterocycles. The molecule has 0 radical (unpaired) electrons. The number of aromatic nitrogens is 6. The fourth-order valence-corrected chi connectivity index (χ4v) is 3.31. The number of hydrogen-bond donors (Lipinski definition) is 0. The molecule has 0 unspecified atom stereocenters. The first-order valence-electron chi connectivity index (χ1n) is 9.53. The first-order chi connectivity index (χ1) is 14.2. The van der Waals surface area contributed by atoms with Crippen LogP contribution in [0.1, 0.15) is 12.8 Å². The topological polar surface area (TPSA) is 79.8 Å². The van der Waals surface area contributed by atoms with Gasteiger partial charge in [-0.25, -0.2) is 9.36 Å². The van der Waals surface area contributed by atoms with Crippen LogP contribution in [-0.2, 0) is 6.54 Å². The second-order valence-corrected chi connectivity index (χ2v) is 7.15. The van der Waals surface area contributed by atoms with E-state index in [0.717, 1.165) is 23.8 Å². The first-order valence-corrected chi connectivity index (χ1v) is 9.53. The van der Waals surface area contributed by atoms with Crippen LogP contribution in [-0.4, -0.2) is 36.5 Å². The van der Waals surface area contributed by atoms with Crippen LogP contribution in [0, 0.1) is 5.92 Å². The molecule has 0 aliphatic heterocycles. The molecule has 146 valence electrons. The number of para-hydroxylation sites is 1. The Morgan fingerprint density at radius 3 is 2.66 bits per heavy atom. The van der Waals surface area contributed by atoms with Crippen LogP contribution in [0.4, 0.5) is 0 Å². The van der Waals surface area contributed by atoms with E-state index in [4.69, 9.17) is 4.74 Å². The lowest BCUT2D eigenvalue weighted by Crippen LogP contribution is -2.17. The summed E-state index contributed by atoms with van der Waals surface area (Å²) in [6.45, 7) is 0.908. The zero-order valence-corrected chi connectivity index (χ0v) is 16.0. The van der Waals surface area contributed by atoms with Gasteiger partial charge in [0, 0.05) is 6.54 Å². The Kier molecular flexibility index (Phi) is 4.23. The highest BCUT2D eigenvalue weighted by Crippen LogP contribution is 2.30. The van der Waals surface area contributed by atoms with Crippen molar-refractivity contribution in [3.8, 4) is 28.5 Å².